The van der Waals surface area contributed by atoms with E-state index in [2.05, 4.69) is 4.52 Å². The van der Waals surface area contributed by atoms with Crippen molar-refractivity contribution in [2.45, 2.75) is 63.8 Å². The maximum Gasteiger partial charge on any atom is 1.00 e. The number of Topliss-reactive ketones (excluding diaryl/α,β-unsaturated/α-hetero) is 1. The number of phosphoric ester groups is 1. The minimum atomic E-state index is -4.93. The summed E-state index contributed by atoms with van der Waals surface area (Å²) in [7, 11) is -4.93. The number of allylic oxidation sites excluding steroid dienone is 4. The van der Waals surface area contributed by atoms with E-state index < -0.39 is 66.2 Å². The Morgan fingerprint density at radius 3 is 2.47 bits per heavy atom. The fourth-order valence-electron chi connectivity index (χ4n) is 7.39. The molecule has 0 aromatic rings. The summed E-state index contributed by atoms with van der Waals surface area (Å²) in [6.07, 6.45) is 3.70. The zero-order valence-electron chi connectivity index (χ0n) is 20.3. The van der Waals surface area contributed by atoms with E-state index in [1.807, 2.05) is 0 Å². The standard InChI is InChI=1S/C22H30FO8P.2Na/c1-12-8-16-15-5-4-13-9-14(24)6-7-19(13,2)21(15,23)17(25)10-20(16,3)22(12,27)18(26)11-31-32(28,29)30;;/h6-7,9,12,15-17,25,27H,4-5,8,10-11H2,1-3H3,(H2,28,29,30);;/q;2*+1/t12-,15?,16?,17+,19+,20+,21+,22+;;/m1../s1. The van der Waals surface area contributed by atoms with Crippen molar-refractivity contribution in [3.05, 3.63) is 23.8 Å². The van der Waals surface area contributed by atoms with Crippen molar-refractivity contribution in [1.82, 2.24) is 0 Å². The van der Waals surface area contributed by atoms with E-state index in [1.54, 1.807) is 20.8 Å². The van der Waals surface area contributed by atoms with E-state index in [4.69, 9.17) is 9.79 Å². The van der Waals surface area contributed by atoms with Crippen molar-refractivity contribution in [2.75, 3.05) is 6.61 Å². The minimum Gasteiger partial charge on any atom is -0.390 e. The van der Waals surface area contributed by atoms with E-state index in [1.165, 1.54) is 18.2 Å². The number of halogens is 1. The quantitative estimate of drug-likeness (QED) is 0.218. The third-order valence-corrected chi connectivity index (χ3v) is 9.48. The molecule has 0 saturated heterocycles. The van der Waals surface area contributed by atoms with Crippen LogP contribution in [0.1, 0.15) is 46.5 Å². The zero-order chi connectivity index (χ0) is 23.9. The molecule has 8 nitrogen and oxygen atoms in total. The first-order chi connectivity index (χ1) is 14.6. The number of hydrogen-bond acceptors (Lipinski definition) is 6. The molecule has 0 amide bonds. The Bertz CT molecular complexity index is 984. The number of rotatable bonds is 4. The van der Waals surface area contributed by atoms with Crippen molar-refractivity contribution < 1.29 is 102 Å². The van der Waals surface area contributed by atoms with Crippen molar-refractivity contribution >= 4 is 19.4 Å². The number of phosphoric acid groups is 1. The van der Waals surface area contributed by atoms with E-state index in [9.17, 15) is 24.4 Å². The zero-order valence-corrected chi connectivity index (χ0v) is 25.2. The molecule has 2 unspecified atom stereocenters. The number of fused-ring (bicyclic) bond motifs is 5. The molecule has 4 aliphatic carbocycles. The van der Waals surface area contributed by atoms with Crippen molar-refractivity contribution in [2.24, 2.45) is 28.6 Å². The second-order valence-corrected chi connectivity index (χ2v) is 11.6. The van der Waals surface area contributed by atoms with Gasteiger partial charge in [0.05, 0.1) is 6.10 Å². The third kappa shape index (κ3) is 4.20. The van der Waals surface area contributed by atoms with Crippen LogP contribution in [0.15, 0.2) is 23.8 Å². The average molecular weight is 518 g/mol. The van der Waals surface area contributed by atoms with Crippen LogP contribution in [0.5, 0.6) is 0 Å². The summed E-state index contributed by atoms with van der Waals surface area (Å²) in [5, 5.41) is 22.8. The van der Waals surface area contributed by atoms with Crippen LogP contribution in [-0.4, -0.2) is 55.5 Å². The SMILES string of the molecule is C[C@@H]1CC2C3CCC4=CC(=O)C=C[C@]4(C)[C@@]3(F)[C@@H](O)C[C@]2(C)[C@@]1(O)C(=O)COP(=O)(O)O.[Na+].[Na+]. The van der Waals surface area contributed by atoms with Crippen LogP contribution < -0.4 is 59.1 Å². The van der Waals surface area contributed by atoms with Crippen molar-refractivity contribution in [3.8, 4) is 0 Å². The molecule has 4 aliphatic rings. The summed E-state index contributed by atoms with van der Waals surface area (Å²) < 4.78 is 32.5. The first-order valence-corrected chi connectivity index (χ1v) is 12.4. The topological polar surface area (TPSA) is 141 Å². The maximum atomic E-state index is 17.0. The molecular formula is C22H30FNa2O8P+2. The van der Waals surface area contributed by atoms with Crippen molar-refractivity contribution in [1.29, 1.82) is 0 Å². The molecule has 0 aromatic carbocycles. The van der Waals surface area contributed by atoms with Crippen molar-refractivity contribution in [3.63, 3.8) is 0 Å². The van der Waals surface area contributed by atoms with Crippen LogP contribution in [0.25, 0.3) is 0 Å². The number of carbonyl (C=O) groups excluding carboxylic acids is 2. The predicted molar refractivity (Wildman–Crippen MR) is 111 cm³/mol. The second kappa shape index (κ2) is 9.83. The summed E-state index contributed by atoms with van der Waals surface area (Å²) in [6, 6.07) is 0. The molecule has 0 aliphatic heterocycles. The molecule has 0 heterocycles. The number of ketones is 2. The minimum absolute atomic E-state index is 0. The molecule has 0 aromatic heterocycles. The predicted octanol–water partition coefficient (Wildman–Crippen LogP) is -3.98. The summed E-state index contributed by atoms with van der Waals surface area (Å²) in [5.41, 5.74) is -5.88. The Balaban J connectivity index is 0.00000204. The molecule has 4 N–H and O–H groups in total. The van der Waals surface area contributed by atoms with Gasteiger partial charge in [0.15, 0.2) is 17.2 Å². The molecule has 4 rings (SSSR count). The Labute approximate surface area is 242 Å². The van der Waals surface area contributed by atoms with Crippen LogP contribution in [0.2, 0.25) is 0 Å². The van der Waals surface area contributed by atoms with Crippen LogP contribution in [0.4, 0.5) is 4.39 Å². The van der Waals surface area contributed by atoms with Gasteiger partial charge < -0.3 is 20.0 Å². The molecule has 3 saturated carbocycles. The molecule has 178 valence electrons. The summed E-state index contributed by atoms with van der Waals surface area (Å²) >= 11 is 0. The molecule has 0 spiro atoms. The fraction of sp³-hybridized carbons (Fsp3) is 0.727. The number of carbonyl (C=O) groups is 2. The van der Waals surface area contributed by atoms with Gasteiger partial charge in [-0.3, -0.25) is 14.1 Å². The first kappa shape index (κ1) is 31.0. The second-order valence-electron chi connectivity index (χ2n) is 10.4. The molecular weight excluding hydrogens is 488 g/mol. The largest absolute Gasteiger partial charge is 1.00 e. The smallest absolute Gasteiger partial charge is 0.390 e. The molecule has 0 radical (unpaired) electrons. The first-order valence-electron chi connectivity index (χ1n) is 10.9. The van der Waals surface area contributed by atoms with Gasteiger partial charge in [-0.25, -0.2) is 8.96 Å². The van der Waals surface area contributed by atoms with E-state index >= 15 is 4.39 Å². The normalized spacial score (nSPS) is 45.2. The third-order valence-electron chi connectivity index (χ3n) is 9.01. The maximum absolute atomic E-state index is 17.0. The van der Waals surface area contributed by atoms with Gasteiger partial charge in [0.2, 0.25) is 0 Å². The molecule has 8 atom stereocenters. The number of hydrogen-bond donors (Lipinski definition) is 4. The van der Waals surface area contributed by atoms with Gasteiger partial charge in [0.1, 0.15) is 12.2 Å². The van der Waals surface area contributed by atoms with E-state index in [-0.39, 0.29) is 71.3 Å². The van der Waals surface area contributed by atoms with Gasteiger partial charge in [-0.15, -0.1) is 0 Å². The van der Waals surface area contributed by atoms with Gasteiger partial charge in [0.25, 0.3) is 0 Å². The van der Waals surface area contributed by atoms with Gasteiger partial charge in [-0.05, 0) is 56.6 Å². The van der Waals surface area contributed by atoms with Crippen LogP contribution in [-0.2, 0) is 18.7 Å². The van der Waals surface area contributed by atoms with Gasteiger partial charge in [-0.2, -0.15) is 0 Å². The molecule has 3 fully saturated rings. The summed E-state index contributed by atoms with van der Waals surface area (Å²) in [4.78, 5) is 42.8. The monoisotopic (exact) mass is 518 g/mol. The van der Waals surface area contributed by atoms with Gasteiger partial charge >= 0.3 is 66.9 Å². The number of aliphatic hydroxyl groups excluding tert-OH is 1. The van der Waals surface area contributed by atoms with Crippen LogP contribution in [0.3, 0.4) is 0 Å². The van der Waals surface area contributed by atoms with Gasteiger partial charge in [-0.1, -0.05) is 25.5 Å². The van der Waals surface area contributed by atoms with Crippen LogP contribution in [0, 0.1) is 28.6 Å². The number of aliphatic hydroxyl groups is 2. The Morgan fingerprint density at radius 1 is 1.26 bits per heavy atom. The van der Waals surface area contributed by atoms with E-state index in [0.29, 0.717) is 24.8 Å². The average Bonchev–Trinajstić information content (AvgIpc) is 2.89. The molecule has 0 bridgehead atoms. The molecule has 12 heteroatoms. The van der Waals surface area contributed by atoms with Crippen LogP contribution >= 0.6 is 7.82 Å². The number of alkyl halides is 1. The molecule has 34 heavy (non-hydrogen) atoms. The Hall–Kier alpha value is 0.780. The summed E-state index contributed by atoms with van der Waals surface area (Å²) in [6.45, 7) is 4.00. The summed E-state index contributed by atoms with van der Waals surface area (Å²) in [5.74, 6) is -2.87. The van der Waals surface area contributed by atoms with E-state index in [0.717, 1.165) is 0 Å². The fourth-order valence-corrected chi connectivity index (χ4v) is 7.68. The Kier molecular flexibility index (Phi) is 8.96. The van der Waals surface area contributed by atoms with Gasteiger partial charge in [0, 0.05) is 16.7 Å². The Morgan fingerprint density at radius 2 is 1.88 bits per heavy atom.